The van der Waals surface area contributed by atoms with E-state index in [4.69, 9.17) is 0 Å². The van der Waals surface area contributed by atoms with Crippen molar-refractivity contribution in [3.05, 3.63) is 295 Å². The fraction of sp³-hybridized carbons (Fsp3) is 0.0149. The van der Waals surface area contributed by atoms with Crippen LogP contribution in [-0.4, -0.2) is 4.57 Å². The van der Waals surface area contributed by atoms with Crippen molar-refractivity contribution in [1.29, 1.82) is 0 Å². The van der Waals surface area contributed by atoms with Crippen LogP contribution in [0, 0.1) is 0 Å². The zero-order chi connectivity index (χ0) is 46.2. The van der Waals surface area contributed by atoms with Crippen LogP contribution in [0.25, 0.3) is 60.9 Å². The van der Waals surface area contributed by atoms with E-state index in [1.54, 1.807) is 0 Å². The van der Waals surface area contributed by atoms with Gasteiger partial charge in [0.2, 0.25) is 0 Å². The van der Waals surface area contributed by atoms with Gasteiger partial charge in [-0.1, -0.05) is 188 Å². The van der Waals surface area contributed by atoms with Gasteiger partial charge in [0.25, 0.3) is 0 Å². The molecule has 0 saturated heterocycles. The van der Waals surface area contributed by atoms with Crippen LogP contribution >= 0.6 is 0 Å². The Hall–Kier alpha value is -9.18. The van der Waals surface area contributed by atoms with Crippen LogP contribution in [0.15, 0.2) is 273 Å². The van der Waals surface area contributed by atoms with Crippen LogP contribution in [-0.2, 0) is 5.41 Å². The molecule has 1 spiro atoms. The fourth-order valence-corrected chi connectivity index (χ4v) is 11.9. The molecule has 0 N–H and O–H groups in total. The number of nitrogens with zero attached hydrogens (tertiary/aromatic N) is 3. The predicted molar refractivity (Wildman–Crippen MR) is 292 cm³/mol. The Morgan fingerprint density at radius 2 is 0.786 bits per heavy atom. The van der Waals surface area contributed by atoms with Gasteiger partial charge in [0, 0.05) is 50.5 Å². The Kier molecular flexibility index (Phi) is 9.11. The van der Waals surface area contributed by atoms with Crippen LogP contribution in [0.2, 0.25) is 0 Å². The number of rotatable bonds is 8. The third kappa shape index (κ3) is 5.95. The minimum atomic E-state index is -0.665. The Bertz CT molecular complexity index is 3900. The van der Waals surface area contributed by atoms with Crippen molar-refractivity contribution in [3.8, 4) is 39.1 Å². The van der Waals surface area contributed by atoms with Gasteiger partial charge >= 0.3 is 0 Å². The molecule has 328 valence electrons. The summed E-state index contributed by atoms with van der Waals surface area (Å²) in [5.41, 5.74) is 21.9. The second kappa shape index (κ2) is 16.0. The molecule has 3 nitrogen and oxygen atoms in total. The van der Waals surface area contributed by atoms with Crippen molar-refractivity contribution in [2.75, 3.05) is 9.80 Å². The lowest BCUT2D eigenvalue weighted by molar-refractivity contribution is 0.793. The lowest BCUT2D eigenvalue weighted by Gasteiger charge is -2.36. The first kappa shape index (κ1) is 39.9. The lowest BCUT2D eigenvalue weighted by atomic mass is 9.69. The molecule has 14 rings (SSSR count). The molecule has 0 fully saturated rings. The molecule has 1 heterocycles. The quantitative estimate of drug-likeness (QED) is 0.151. The van der Waals surface area contributed by atoms with Crippen molar-refractivity contribution in [1.82, 2.24) is 4.57 Å². The summed E-state index contributed by atoms with van der Waals surface area (Å²) in [4.78, 5) is 4.93. The summed E-state index contributed by atoms with van der Waals surface area (Å²) < 4.78 is 2.43. The summed E-state index contributed by atoms with van der Waals surface area (Å²) in [7, 11) is 0. The number of fused-ring (bicyclic) bond motifs is 13. The van der Waals surface area contributed by atoms with Crippen molar-refractivity contribution >= 4 is 55.9 Å². The van der Waals surface area contributed by atoms with Crippen LogP contribution in [0.4, 0.5) is 34.1 Å². The highest BCUT2D eigenvalue weighted by molar-refractivity contribution is 6.11. The van der Waals surface area contributed by atoms with Crippen LogP contribution in [0.1, 0.15) is 22.3 Å². The first-order chi connectivity index (χ1) is 34.8. The monoisotopic (exact) mass is 891 g/mol. The highest BCUT2D eigenvalue weighted by atomic mass is 15.2. The van der Waals surface area contributed by atoms with Gasteiger partial charge in [-0.05, 0) is 135 Å². The van der Waals surface area contributed by atoms with Crippen molar-refractivity contribution in [2.24, 2.45) is 0 Å². The second-order valence-corrected chi connectivity index (χ2v) is 18.4. The van der Waals surface area contributed by atoms with E-state index in [0.29, 0.717) is 0 Å². The van der Waals surface area contributed by atoms with Gasteiger partial charge in [-0.15, -0.1) is 0 Å². The van der Waals surface area contributed by atoms with E-state index in [1.165, 1.54) is 66.4 Å². The minimum absolute atomic E-state index is 0.665. The first-order valence-corrected chi connectivity index (χ1v) is 24.2. The molecule has 3 heteroatoms. The smallest absolute Gasteiger partial charge is 0.0746 e. The molecule has 2 aliphatic rings. The van der Waals surface area contributed by atoms with Crippen LogP contribution in [0.3, 0.4) is 0 Å². The average molecular weight is 892 g/mol. The van der Waals surface area contributed by atoms with E-state index >= 15 is 0 Å². The Morgan fingerprint density at radius 3 is 1.51 bits per heavy atom. The van der Waals surface area contributed by atoms with E-state index in [-0.39, 0.29) is 0 Å². The second-order valence-electron chi connectivity index (χ2n) is 18.4. The van der Waals surface area contributed by atoms with Gasteiger partial charge in [0.15, 0.2) is 0 Å². The Balaban J connectivity index is 1.08. The Morgan fingerprint density at radius 1 is 0.286 bits per heavy atom. The van der Waals surface area contributed by atoms with Gasteiger partial charge in [0.1, 0.15) is 0 Å². The molecular weight excluding hydrogens is 847 g/mol. The van der Waals surface area contributed by atoms with Gasteiger partial charge < -0.3 is 14.4 Å². The third-order valence-corrected chi connectivity index (χ3v) is 14.7. The van der Waals surface area contributed by atoms with Gasteiger partial charge in [0.05, 0.1) is 22.1 Å². The number of benzene rings is 11. The number of hydrogen-bond acceptors (Lipinski definition) is 2. The van der Waals surface area contributed by atoms with Crippen molar-refractivity contribution in [3.63, 3.8) is 0 Å². The lowest BCUT2D eigenvalue weighted by Crippen LogP contribution is -2.28. The number of hydrogen-bond donors (Lipinski definition) is 0. The molecule has 1 unspecified atom stereocenters. The summed E-state index contributed by atoms with van der Waals surface area (Å²) in [6, 6.07) is 100. The first-order valence-electron chi connectivity index (χ1n) is 24.2. The molecule has 70 heavy (non-hydrogen) atoms. The van der Waals surface area contributed by atoms with Gasteiger partial charge in [-0.25, -0.2) is 0 Å². The maximum Gasteiger partial charge on any atom is 0.0746 e. The van der Waals surface area contributed by atoms with E-state index in [0.717, 1.165) is 50.9 Å². The summed E-state index contributed by atoms with van der Waals surface area (Å²) in [6.07, 6.45) is 0. The minimum Gasteiger partial charge on any atom is -0.310 e. The molecule has 1 aromatic heterocycles. The summed E-state index contributed by atoms with van der Waals surface area (Å²) in [6.45, 7) is 0. The number of aromatic nitrogens is 1. The molecule has 0 aliphatic heterocycles. The summed E-state index contributed by atoms with van der Waals surface area (Å²) >= 11 is 0. The average Bonchev–Trinajstić information content (AvgIpc) is 4.04. The molecular formula is C67H45N3. The molecule has 11 aromatic carbocycles. The molecule has 0 saturated carbocycles. The molecule has 0 bridgehead atoms. The molecule has 1 atom stereocenters. The normalized spacial score (nSPS) is 14.1. The van der Waals surface area contributed by atoms with Crippen molar-refractivity contribution < 1.29 is 0 Å². The van der Waals surface area contributed by atoms with E-state index < -0.39 is 5.41 Å². The fourth-order valence-electron chi connectivity index (χ4n) is 11.9. The summed E-state index contributed by atoms with van der Waals surface area (Å²) in [5, 5.41) is 2.45. The maximum absolute atomic E-state index is 2.54. The van der Waals surface area contributed by atoms with E-state index in [1.807, 2.05) is 0 Å². The largest absolute Gasteiger partial charge is 0.310 e. The molecule has 0 amide bonds. The predicted octanol–water partition coefficient (Wildman–Crippen LogP) is 17.7. The SMILES string of the molecule is c1ccc(-c2cccc(N(c3ccc4c5ccccc5n(-c5ccccc5)c4c3)c3cccc4c3C3(c5ccccc5-c5ccc(N(c6ccccc6)c6ccccc6)cc53)c3ccccc3-4)c2)cc1. The molecule has 12 aromatic rings. The molecule has 0 radical (unpaired) electrons. The van der Waals surface area contributed by atoms with Crippen LogP contribution < -0.4 is 9.80 Å². The highest BCUT2D eigenvalue weighted by Gasteiger charge is 2.53. The third-order valence-electron chi connectivity index (χ3n) is 14.7. The summed E-state index contributed by atoms with van der Waals surface area (Å²) in [5.74, 6) is 0. The van der Waals surface area contributed by atoms with E-state index in [2.05, 4.69) is 287 Å². The van der Waals surface area contributed by atoms with E-state index in [9.17, 15) is 0 Å². The topological polar surface area (TPSA) is 11.4 Å². The molecule has 2 aliphatic carbocycles. The zero-order valence-corrected chi connectivity index (χ0v) is 38.3. The van der Waals surface area contributed by atoms with Gasteiger partial charge in [-0.3, -0.25) is 0 Å². The standard InChI is InChI=1S/C67H45N3/c1-5-21-46(22-6-1)47-23-19-30-51(43-47)69(53-40-42-58-57-33-15-18-37-63(57)70(65(58)45-53)50-28-11-4-12-29-50)64-38-20-34-59-55-32-14-17-36-61(55)67(66(59)64)60-35-16-13-31-54(60)56-41-39-52(44-62(56)67)68(48-24-7-2-8-25-48)49-26-9-3-10-27-49/h1-45H. The Labute approximate surface area is 408 Å². The number of para-hydroxylation sites is 4. The van der Waals surface area contributed by atoms with Gasteiger partial charge in [-0.2, -0.15) is 0 Å². The zero-order valence-electron chi connectivity index (χ0n) is 38.3. The highest BCUT2D eigenvalue weighted by Crippen LogP contribution is 2.66. The van der Waals surface area contributed by atoms with Crippen LogP contribution in [0.5, 0.6) is 0 Å². The maximum atomic E-state index is 2.54. The van der Waals surface area contributed by atoms with Crippen molar-refractivity contribution in [2.45, 2.75) is 5.41 Å². The number of anilines is 6.